The molecule has 6 heteroatoms. The van der Waals surface area contributed by atoms with Gasteiger partial charge in [-0.3, -0.25) is 0 Å². The lowest BCUT2D eigenvalue weighted by atomic mass is 10.5. The third-order valence-corrected chi connectivity index (χ3v) is 1.73. The molecule has 90 valence electrons. The van der Waals surface area contributed by atoms with Crippen LogP contribution in [0, 0.1) is 0 Å². The van der Waals surface area contributed by atoms with Gasteiger partial charge in [0, 0.05) is 7.05 Å². The van der Waals surface area contributed by atoms with Gasteiger partial charge in [0.05, 0.1) is 6.33 Å². The summed E-state index contributed by atoms with van der Waals surface area (Å²) in [5.74, 6) is 0.311. The van der Waals surface area contributed by atoms with Crippen molar-refractivity contribution in [1.82, 2.24) is 19.5 Å². The third-order valence-electron chi connectivity index (χ3n) is 1.56. The molecule has 0 aromatic carbocycles. The van der Waals surface area contributed by atoms with Crippen molar-refractivity contribution in [2.45, 2.75) is 27.7 Å². The van der Waals surface area contributed by atoms with Crippen LogP contribution in [-0.4, -0.2) is 19.5 Å². The van der Waals surface area contributed by atoms with Crippen molar-refractivity contribution >= 4 is 28.6 Å². The fourth-order valence-corrected chi connectivity index (χ4v) is 1.17. The van der Waals surface area contributed by atoms with Gasteiger partial charge in [0.2, 0.25) is 5.28 Å². The molecule has 0 aliphatic carbocycles. The average Bonchev–Trinajstić information content (AvgIpc) is 2.67. The van der Waals surface area contributed by atoms with Crippen LogP contribution in [0.3, 0.4) is 0 Å². The summed E-state index contributed by atoms with van der Waals surface area (Å²) < 4.78 is 1.74. The van der Waals surface area contributed by atoms with Gasteiger partial charge in [0.25, 0.3) is 0 Å². The molecular weight excluding hydrogens is 226 g/mol. The van der Waals surface area contributed by atoms with Gasteiger partial charge in [0.1, 0.15) is 5.52 Å². The molecule has 0 aliphatic heterocycles. The monoisotopic (exact) mass is 243 g/mol. The Balaban J connectivity index is 0.000000509. The van der Waals surface area contributed by atoms with E-state index < -0.39 is 0 Å². The molecule has 0 spiro atoms. The summed E-state index contributed by atoms with van der Waals surface area (Å²) in [5.41, 5.74) is 6.79. The molecule has 16 heavy (non-hydrogen) atoms. The van der Waals surface area contributed by atoms with E-state index in [-0.39, 0.29) is 5.28 Å². The molecular formula is C10H18ClN5. The van der Waals surface area contributed by atoms with Gasteiger partial charge in [-0.15, -0.1) is 0 Å². The number of aromatic nitrogens is 4. The molecule has 0 saturated carbocycles. The summed E-state index contributed by atoms with van der Waals surface area (Å²) in [6.45, 7) is 8.00. The van der Waals surface area contributed by atoms with E-state index in [1.807, 2.05) is 34.7 Å². The van der Waals surface area contributed by atoms with E-state index in [2.05, 4.69) is 15.0 Å². The van der Waals surface area contributed by atoms with Crippen LogP contribution < -0.4 is 5.73 Å². The van der Waals surface area contributed by atoms with Crippen LogP contribution in [-0.2, 0) is 7.05 Å². The summed E-state index contributed by atoms with van der Waals surface area (Å²) in [4.78, 5) is 11.8. The molecule has 0 unspecified atom stereocenters. The smallest absolute Gasteiger partial charge is 0.226 e. The predicted octanol–water partition coefficient (Wildman–Crippen LogP) is 2.65. The SMILES string of the molecule is CC.CC.Cn1cnc2c(N)nc(Cl)nc21. The van der Waals surface area contributed by atoms with Crippen LogP contribution in [0.25, 0.3) is 11.2 Å². The summed E-state index contributed by atoms with van der Waals surface area (Å²) in [6, 6.07) is 0. The van der Waals surface area contributed by atoms with Crippen molar-refractivity contribution in [3.63, 3.8) is 0 Å². The second-order valence-electron chi connectivity index (χ2n) is 2.41. The van der Waals surface area contributed by atoms with Crippen LogP contribution in [0.15, 0.2) is 6.33 Å². The standard InChI is InChI=1S/C6H6ClN5.2C2H6/c1-12-2-9-3-4(8)10-6(7)11-5(3)12;2*1-2/h2H,1H3,(H2,8,10,11);2*1-2H3. The number of aryl methyl sites for hydroxylation is 1. The van der Waals surface area contributed by atoms with E-state index in [0.717, 1.165) is 0 Å². The van der Waals surface area contributed by atoms with Crippen LogP contribution in [0.1, 0.15) is 27.7 Å². The first-order valence-electron chi connectivity index (χ1n) is 5.28. The molecule has 5 nitrogen and oxygen atoms in total. The maximum Gasteiger partial charge on any atom is 0.226 e. The minimum Gasteiger partial charge on any atom is -0.382 e. The first kappa shape index (κ1) is 14.6. The molecule has 2 rings (SSSR count). The lowest BCUT2D eigenvalue weighted by Gasteiger charge is -1.95. The topological polar surface area (TPSA) is 69.6 Å². The summed E-state index contributed by atoms with van der Waals surface area (Å²) in [7, 11) is 1.82. The molecule has 0 fully saturated rings. The molecule has 2 N–H and O–H groups in total. The maximum absolute atomic E-state index is 5.61. The number of nitrogens with zero attached hydrogens (tertiary/aromatic N) is 4. The first-order valence-corrected chi connectivity index (χ1v) is 5.66. The highest BCUT2D eigenvalue weighted by atomic mass is 35.5. The van der Waals surface area contributed by atoms with Crippen LogP contribution >= 0.6 is 11.6 Å². The molecule has 2 heterocycles. The number of fused-ring (bicyclic) bond motifs is 1. The van der Waals surface area contributed by atoms with Crippen molar-refractivity contribution in [3.8, 4) is 0 Å². The fraction of sp³-hybridized carbons (Fsp3) is 0.500. The normalized spacial score (nSPS) is 8.88. The Morgan fingerprint density at radius 2 is 1.75 bits per heavy atom. The Hall–Kier alpha value is -1.36. The minimum atomic E-state index is 0.142. The molecule has 0 amide bonds. The Kier molecular flexibility index (Phi) is 6.41. The zero-order valence-corrected chi connectivity index (χ0v) is 11.1. The fourth-order valence-electron chi connectivity index (χ4n) is 1.00. The highest BCUT2D eigenvalue weighted by Crippen LogP contribution is 2.16. The first-order chi connectivity index (χ1) is 7.68. The lowest BCUT2D eigenvalue weighted by molar-refractivity contribution is 0.928. The van der Waals surface area contributed by atoms with E-state index >= 15 is 0 Å². The third kappa shape index (κ3) is 3.06. The molecule has 0 bridgehead atoms. The summed E-state index contributed by atoms with van der Waals surface area (Å²) >= 11 is 5.61. The van der Waals surface area contributed by atoms with E-state index in [0.29, 0.717) is 17.0 Å². The number of anilines is 1. The highest BCUT2D eigenvalue weighted by Gasteiger charge is 2.07. The molecule has 0 atom stereocenters. The van der Waals surface area contributed by atoms with Crippen LogP contribution in [0.2, 0.25) is 5.28 Å². The molecule has 0 aliphatic rings. The number of imidazole rings is 1. The number of hydrogen-bond donors (Lipinski definition) is 1. The van der Waals surface area contributed by atoms with Crippen molar-refractivity contribution in [1.29, 1.82) is 0 Å². The number of nitrogens with two attached hydrogens (primary N) is 1. The van der Waals surface area contributed by atoms with E-state index in [4.69, 9.17) is 17.3 Å². The number of halogens is 1. The molecule has 2 aromatic heterocycles. The largest absolute Gasteiger partial charge is 0.382 e. The Morgan fingerprint density at radius 3 is 2.31 bits per heavy atom. The lowest BCUT2D eigenvalue weighted by Crippen LogP contribution is -1.96. The maximum atomic E-state index is 5.61. The van der Waals surface area contributed by atoms with Gasteiger partial charge in [0.15, 0.2) is 11.5 Å². The van der Waals surface area contributed by atoms with E-state index in [1.54, 1.807) is 10.9 Å². The van der Waals surface area contributed by atoms with Crippen molar-refractivity contribution < 1.29 is 0 Å². The Morgan fingerprint density at radius 1 is 1.19 bits per heavy atom. The predicted molar refractivity (Wildman–Crippen MR) is 68.4 cm³/mol. The van der Waals surface area contributed by atoms with Crippen molar-refractivity contribution in [2.75, 3.05) is 5.73 Å². The number of nitrogen functional groups attached to an aromatic ring is 1. The van der Waals surface area contributed by atoms with E-state index in [9.17, 15) is 0 Å². The second-order valence-corrected chi connectivity index (χ2v) is 2.74. The zero-order chi connectivity index (χ0) is 12.7. The zero-order valence-electron chi connectivity index (χ0n) is 10.3. The Bertz CT molecular complexity index is 438. The van der Waals surface area contributed by atoms with Gasteiger partial charge in [-0.05, 0) is 11.6 Å². The summed E-state index contributed by atoms with van der Waals surface area (Å²) in [6.07, 6.45) is 1.62. The van der Waals surface area contributed by atoms with Crippen LogP contribution in [0.4, 0.5) is 5.82 Å². The highest BCUT2D eigenvalue weighted by molar-refractivity contribution is 6.28. The molecule has 0 saturated heterocycles. The second kappa shape index (κ2) is 7.00. The van der Waals surface area contributed by atoms with Gasteiger partial charge < -0.3 is 10.3 Å². The quantitative estimate of drug-likeness (QED) is 0.723. The molecule has 2 aromatic rings. The van der Waals surface area contributed by atoms with Gasteiger partial charge in [-0.2, -0.15) is 9.97 Å². The number of hydrogen-bond acceptors (Lipinski definition) is 4. The number of rotatable bonds is 0. The minimum absolute atomic E-state index is 0.142. The molecule has 0 radical (unpaired) electrons. The van der Waals surface area contributed by atoms with Gasteiger partial charge >= 0.3 is 0 Å². The van der Waals surface area contributed by atoms with Crippen molar-refractivity contribution in [2.24, 2.45) is 7.05 Å². The average molecular weight is 244 g/mol. The Labute approximate surface area is 101 Å². The van der Waals surface area contributed by atoms with E-state index in [1.165, 1.54) is 0 Å². The van der Waals surface area contributed by atoms with Crippen molar-refractivity contribution in [3.05, 3.63) is 11.6 Å². The van der Waals surface area contributed by atoms with Gasteiger partial charge in [-0.25, -0.2) is 4.98 Å². The van der Waals surface area contributed by atoms with Crippen LogP contribution in [0.5, 0.6) is 0 Å². The van der Waals surface area contributed by atoms with Gasteiger partial charge in [-0.1, -0.05) is 27.7 Å². The summed E-state index contributed by atoms with van der Waals surface area (Å²) in [5, 5.41) is 0.142.